The molecule has 0 aromatic heterocycles. The summed E-state index contributed by atoms with van der Waals surface area (Å²) in [5, 5.41) is 54.4. The summed E-state index contributed by atoms with van der Waals surface area (Å²) < 4.78 is 11.2. The van der Waals surface area contributed by atoms with Gasteiger partial charge in [-0.2, -0.15) is 0 Å². The molecule has 386 valence electrons. The van der Waals surface area contributed by atoms with E-state index in [2.05, 4.69) is 92.1 Å². The minimum absolute atomic E-state index is 0.202. The molecule has 1 heterocycles. The zero-order chi connectivity index (χ0) is 48.7. The molecule has 1 fully saturated rings. The fourth-order valence-electron chi connectivity index (χ4n) is 8.12. The molecule has 0 aromatic rings. The lowest BCUT2D eigenvalue weighted by Gasteiger charge is -2.40. The molecule has 1 aliphatic heterocycles. The number of unbranched alkanes of at least 4 members (excludes halogenated alkanes) is 23. The first kappa shape index (κ1) is 62.4. The highest BCUT2D eigenvalue weighted by atomic mass is 16.7. The Morgan fingerprint density at radius 1 is 0.522 bits per heavy atom. The number of aliphatic hydroxyl groups is 5. The summed E-state index contributed by atoms with van der Waals surface area (Å²) in [4.78, 5) is 13.0. The van der Waals surface area contributed by atoms with Gasteiger partial charge in [0, 0.05) is 6.42 Å². The molecule has 1 aliphatic rings. The maximum absolute atomic E-state index is 13.0. The molecular formula is C58H101NO8. The number of allylic oxidation sites excluding steroid dienone is 13. The minimum Gasteiger partial charge on any atom is -0.394 e. The van der Waals surface area contributed by atoms with Crippen molar-refractivity contribution in [2.75, 3.05) is 13.2 Å². The Balaban J connectivity index is 2.32. The number of aliphatic hydroxyl groups excluding tert-OH is 5. The molecule has 6 N–H and O–H groups in total. The van der Waals surface area contributed by atoms with Gasteiger partial charge in [-0.25, -0.2) is 0 Å². The van der Waals surface area contributed by atoms with Gasteiger partial charge in [0.1, 0.15) is 24.4 Å². The van der Waals surface area contributed by atoms with E-state index in [9.17, 15) is 30.3 Å². The van der Waals surface area contributed by atoms with E-state index in [0.717, 1.165) is 83.5 Å². The maximum atomic E-state index is 13.0. The Bertz CT molecular complexity index is 1320. The molecule has 9 nitrogen and oxygen atoms in total. The number of carbonyl (C=O) groups is 1. The van der Waals surface area contributed by atoms with Crippen LogP contribution in [0, 0.1) is 0 Å². The fraction of sp³-hybridized carbons (Fsp3) is 0.741. The van der Waals surface area contributed by atoms with E-state index >= 15 is 0 Å². The van der Waals surface area contributed by atoms with E-state index < -0.39 is 49.5 Å². The van der Waals surface area contributed by atoms with Crippen molar-refractivity contribution in [1.82, 2.24) is 5.32 Å². The predicted octanol–water partition coefficient (Wildman–Crippen LogP) is 13.1. The van der Waals surface area contributed by atoms with Crippen LogP contribution in [-0.4, -0.2) is 87.5 Å². The molecule has 0 aliphatic carbocycles. The number of hydrogen-bond acceptors (Lipinski definition) is 8. The Labute approximate surface area is 410 Å². The normalized spacial score (nSPS) is 20.4. The molecule has 1 rings (SSSR count). The molecule has 0 aromatic carbocycles. The topological polar surface area (TPSA) is 149 Å². The molecule has 7 unspecified atom stereocenters. The maximum Gasteiger partial charge on any atom is 0.220 e. The summed E-state index contributed by atoms with van der Waals surface area (Å²) in [6, 6.07) is -0.838. The molecule has 0 spiro atoms. The third-order valence-electron chi connectivity index (χ3n) is 12.4. The Kier molecular flexibility index (Phi) is 43.8. The minimum atomic E-state index is -1.58. The van der Waals surface area contributed by atoms with Crippen LogP contribution in [0.25, 0.3) is 0 Å². The van der Waals surface area contributed by atoms with Crippen molar-refractivity contribution in [2.24, 2.45) is 0 Å². The summed E-state index contributed by atoms with van der Waals surface area (Å²) in [7, 11) is 0. The first-order valence-corrected chi connectivity index (χ1v) is 27.3. The molecule has 7 atom stereocenters. The van der Waals surface area contributed by atoms with Crippen LogP contribution >= 0.6 is 0 Å². The van der Waals surface area contributed by atoms with Gasteiger partial charge in [0.2, 0.25) is 5.91 Å². The Morgan fingerprint density at radius 3 is 1.43 bits per heavy atom. The molecule has 1 saturated heterocycles. The van der Waals surface area contributed by atoms with Crippen LogP contribution in [0.3, 0.4) is 0 Å². The first-order chi connectivity index (χ1) is 32.8. The van der Waals surface area contributed by atoms with Crippen molar-refractivity contribution < 1.29 is 39.8 Å². The van der Waals surface area contributed by atoms with Crippen molar-refractivity contribution in [3.63, 3.8) is 0 Å². The first-order valence-electron chi connectivity index (χ1n) is 27.3. The van der Waals surface area contributed by atoms with Gasteiger partial charge < -0.3 is 40.3 Å². The fourth-order valence-corrected chi connectivity index (χ4v) is 8.12. The van der Waals surface area contributed by atoms with Gasteiger partial charge in [-0.05, 0) is 83.5 Å². The van der Waals surface area contributed by atoms with Crippen molar-refractivity contribution in [3.05, 3.63) is 85.1 Å². The molecule has 0 radical (unpaired) electrons. The number of nitrogens with one attached hydrogen (secondary N) is 1. The highest BCUT2D eigenvalue weighted by Gasteiger charge is 2.44. The third-order valence-corrected chi connectivity index (χ3v) is 12.4. The molecule has 9 heteroatoms. The summed E-state index contributed by atoms with van der Waals surface area (Å²) in [6.45, 7) is 3.64. The average Bonchev–Trinajstić information content (AvgIpc) is 3.33. The third kappa shape index (κ3) is 36.9. The summed E-state index contributed by atoms with van der Waals surface area (Å²) in [5.74, 6) is -0.202. The Hall–Kier alpha value is -2.63. The summed E-state index contributed by atoms with van der Waals surface area (Å²) in [5.41, 5.74) is 0. The lowest BCUT2D eigenvalue weighted by Crippen LogP contribution is -2.60. The zero-order valence-corrected chi connectivity index (χ0v) is 42.6. The van der Waals surface area contributed by atoms with Crippen molar-refractivity contribution >= 4 is 5.91 Å². The molecule has 67 heavy (non-hydrogen) atoms. The van der Waals surface area contributed by atoms with Gasteiger partial charge in [0.15, 0.2) is 6.29 Å². The molecule has 0 bridgehead atoms. The van der Waals surface area contributed by atoms with E-state index in [1.54, 1.807) is 6.08 Å². The number of hydrogen-bond donors (Lipinski definition) is 6. The average molecular weight is 940 g/mol. The monoisotopic (exact) mass is 940 g/mol. The molecule has 0 saturated carbocycles. The lowest BCUT2D eigenvalue weighted by atomic mass is 9.99. The zero-order valence-electron chi connectivity index (χ0n) is 42.6. The van der Waals surface area contributed by atoms with Crippen LogP contribution in [0.1, 0.15) is 219 Å². The standard InChI is InChI=1S/C58H101NO8/c1-3-5-7-9-11-13-15-17-19-21-23-25-26-28-29-31-33-35-37-39-41-43-45-47-52(61)51(50-66-58-57(65)56(64)55(63)53(49-60)67-58)59-54(62)48-46-44-42-40-38-36-34-32-30-27-24-22-20-18-16-14-12-10-8-6-4-2/h6,8,12,14,18,20,24,27,29,31,37,39,45,47,51-53,55-58,60-61,63-65H,3-5,7,9-11,13,15-17,19,21-23,25-26,28,30,32-36,38,40-44,46,48-50H2,1-2H3,(H,59,62)/b8-6-,14-12-,20-18-,27-24-,31-29+,39-37+,47-45+. The smallest absolute Gasteiger partial charge is 0.220 e. The van der Waals surface area contributed by atoms with Gasteiger partial charge in [0.25, 0.3) is 0 Å². The van der Waals surface area contributed by atoms with E-state index in [1.807, 2.05) is 6.08 Å². The number of amides is 1. The van der Waals surface area contributed by atoms with Crippen LogP contribution in [-0.2, 0) is 14.3 Å². The van der Waals surface area contributed by atoms with E-state index in [0.29, 0.717) is 6.42 Å². The second-order valence-electron chi connectivity index (χ2n) is 18.6. The van der Waals surface area contributed by atoms with Gasteiger partial charge in [0.05, 0.1) is 25.4 Å². The van der Waals surface area contributed by atoms with Gasteiger partial charge >= 0.3 is 0 Å². The van der Waals surface area contributed by atoms with Crippen molar-refractivity contribution in [2.45, 2.75) is 262 Å². The van der Waals surface area contributed by atoms with Crippen LogP contribution in [0.4, 0.5) is 0 Å². The van der Waals surface area contributed by atoms with Gasteiger partial charge in [-0.3, -0.25) is 4.79 Å². The highest BCUT2D eigenvalue weighted by molar-refractivity contribution is 5.76. The SMILES string of the molecule is CC/C=C\C/C=C\C/C=C\C/C=C\CCCCCCCCCCC(=O)NC(COC1OC(CO)C(O)C(O)C1O)C(O)/C=C/CC/C=C/CC/C=C/CCCCCCCCCCCCCCC. The summed E-state index contributed by atoms with van der Waals surface area (Å²) in [6.07, 6.45) is 59.2. The predicted molar refractivity (Wildman–Crippen MR) is 281 cm³/mol. The molecular weight excluding hydrogens is 839 g/mol. The largest absolute Gasteiger partial charge is 0.394 e. The van der Waals surface area contributed by atoms with Crippen LogP contribution in [0.5, 0.6) is 0 Å². The van der Waals surface area contributed by atoms with Crippen molar-refractivity contribution in [1.29, 1.82) is 0 Å². The lowest BCUT2D eigenvalue weighted by molar-refractivity contribution is -0.302. The molecule has 1 amide bonds. The summed E-state index contributed by atoms with van der Waals surface area (Å²) >= 11 is 0. The number of rotatable bonds is 45. The quantitative estimate of drug-likeness (QED) is 0.0261. The van der Waals surface area contributed by atoms with E-state index in [-0.39, 0.29) is 12.5 Å². The second-order valence-corrected chi connectivity index (χ2v) is 18.6. The highest BCUT2D eigenvalue weighted by Crippen LogP contribution is 2.23. The van der Waals surface area contributed by atoms with Crippen LogP contribution in [0.2, 0.25) is 0 Å². The van der Waals surface area contributed by atoms with E-state index in [1.165, 1.54) is 116 Å². The van der Waals surface area contributed by atoms with Gasteiger partial charge in [-0.1, -0.05) is 214 Å². The number of ether oxygens (including phenoxy) is 2. The van der Waals surface area contributed by atoms with Crippen molar-refractivity contribution in [3.8, 4) is 0 Å². The Morgan fingerprint density at radius 2 is 0.940 bits per heavy atom. The second kappa shape index (κ2) is 47.1. The van der Waals surface area contributed by atoms with E-state index in [4.69, 9.17) is 9.47 Å². The van der Waals surface area contributed by atoms with Gasteiger partial charge in [-0.15, -0.1) is 0 Å². The van der Waals surface area contributed by atoms with Crippen LogP contribution in [0.15, 0.2) is 85.1 Å². The van der Waals surface area contributed by atoms with Crippen LogP contribution < -0.4 is 5.32 Å². The number of carbonyl (C=O) groups excluding carboxylic acids is 1.